The molecule has 3 aromatic carbocycles. The molecular formula is C23H20N4O3S. The van der Waals surface area contributed by atoms with Crippen LogP contribution in [0.5, 0.6) is 5.75 Å². The molecule has 2 aromatic heterocycles. The second kappa shape index (κ2) is 7.55. The Kier molecular flexibility index (Phi) is 4.71. The maximum Gasteiger partial charge on any atom is 0.256 e. The molecule has 0 spiro atoms. The highest BCUT2D eigenvalue weighted by Crippen LogP contribution is 2.27. The van der Waals surface area contributed by atoms with Crippen molar-refractivity contribution < 1.29 is 13.2 Å². The first-order valence-corrected chi connectivity index (χ1v) is 11.5. The molecule has 0 bridgehead atoms. The number of ether oxygens (including phenoxy) is 1. The highest BCUT2D eigenvalue weighted by molar-refractivity contribution is 7.91. The Labute approximate surface area is 179 Å². The van der Waals surface area contributed by atoms with Gasteiger partial charge in [0.25, 0.3) is 5.16 Å². The summed E-state index contributed by atoms with van der Waals surface area (Å²) >= 11 is 0. The maximum atomic E-state index is 13.1. The van der Waals surface area contributed by atoms with E-state index in [4.69, 9.17) is 4.74 Å². The van der Waals surface area contributed by atoms with Gasteiger partial charge in [-0.05, 0) is 43.3 Å². The monoisotopic (exact) mass is 432 g/mol. The predicted molar refractivity (Wildman–Crippen MR) is 119 cm³/mol. The SMILES string of the molecule is Cc1ccc(OCCS(=O)(=O)c2nnc3n(-c4ccccc4)c4ccccc4n23)cc1. The fourth-order valence-corrected chi connectivity index (χ4v) is 4.70. The van der Waals surface area contributed by atoms with E-state index >= 15 is 0 Å². The van der Waals surface area contributed by atoms with E-state index in [-0.39, 0.29) is 17.5 Å². The van der Waals surface area contributed by atoms with Crippen molar-refractivity contribution in [2.45, 2.75) is 12.1 Å². The van der Waals surface area contributed by atoms with Crippen LogP contribution in [0.1, 0.15) is 5.56 Å². The molecule has 5 aromatic rings. The molecule has 0 aliphatic rings. The Morgan fingerprint density at radius 2 is 1.52 bits per heavy atom. The fourth-order valence-electron chi connectivity index (χ4n) is 3.60. The van der Waals surface area contributed by atoms with Gasteiger partial charge in [-0.2, -0.15) is 0 Å². The molecule has 0 saturated carbocycles. The second-order valence-corrected chi connectivity index (χ2v) is 9.26. The van der Waals surface area contributed by atoms with E-state index in [1.807, 2.05) is 90.4 Å². The van der Waals surface area contributed by atoms with Crippen molar-refractivity contribution in [3.8, 4) is 11.4 Å². The first-order chi connectivity index (χ1) is 15.0. The minimum atomic E-state index is -3.73. The molecule has 5 rings (SSSR count). The number of aromatic nitrogens is 4. The number of para-hydroxylation sites is 3. The second-order valence-electron chi connectivity index (χ2n) is 7.26. The van der Waals surface area contributed by atoms with Crippen molar-refractivity contribution in [2.24, 2.45) is 0 Å². The van der Waals surface area contributed by atoms with E-state index in [1.165, 1.54) is 0 Å². The molecule has 0 saturated heterocycles. The molecule has 156 valence electrons. The quantitative estimate of drug-likeness (QED) is 0.407. The third-order valence-corrected chi connectivity index (χ3v) is 6.64. The molecule has 0 amide bonds. The summed E-state index contributed by atoms with van der Waals surface area (Å²) in [5.41, 5.74) is 3.57. The molecule has 0 aliphatic heterocycles. The number of nitrogens with zero attached hydrogens (tertiary/aromatic N) is 4. The number of hydrogen-bond donors (Lipinski definition) is 0. The van der Waals surface area contributed by atoms with Crippen molar-refractivity contribution in [1.82, 2.24) is 19.2 Å². The van der Waals surface area contributed by atoms with E-state index in [1.54, 1.807) is 4.40 Å². The zero-order valence-corrected chi connectivity index (χ0v) is 17.7. The Morgan fingerprint density at radius 3 is 2.26 bits per heavy atom. The molecule has 7 nitrogen and oxygen atoms in total. The van der Waals surface area contributed by atoms with Crippen LogP contribution in [-0.4, -0.2) is 39.9 Å². The zero-order chi connectivity index (χ0) is 21.4. The summed E-state index contributed by atoms with van der Waals surface area (Å²) in [4.78, 5) is 0. The summed E-state index contributed by atoms with van der Waals surface area (Å²) in [5.74, 6) is 0.880. The van der Waals surface area contributed by atoms with Crippen LogP contribution in [0.2, 0.25) is 0 Å². The van der Waals surface area contributed by atoms with Gasteiger partial charge in [0.15, 0.2) is 0 Å². The molecule has 0 radical (unpaired) electrons. The van der Waals surface area contributed by atoms with Crippen molar-refractivity contribution in [2.75, 3.05) is 12.4 Å². The number of aryl methyl sites for hydroxylation is 1. The van der Waals surface area contributed by atoms with Crippen LogP contribution in [0, 0.1) is 6.92 Å². The number of imidazole rings is 1. The fraction of sp³-hybridized carbons (Fsp3) is 0.130. The molecule has 0 unspecified atom stereocenters. The minimum absolute atomic E-state index is 0.0254. The normalized spacial score (nSPS) is 11.9. The van der Waals surface area contributed by atoms with Gasteiger partial charge in [-0.1, -0.05) is 48.0 Å². The number of fused-ring (bicyclic) bond motifs is 3. The van der Waals surface area contributed by atoms with Gasteiger partial charge >= 0.3 is 0 Å². The van der Waals surface area contributed by atoms with E-state index in [2.05, 4.69) is 10.2 Å². The Morgan fingerprint density at radius 1 is 0.839 bits per heavy atom. The summed E-state index contributed by atoms with van der Waals surface area (Å²) in [5, 5.41) is 8.20. The summed E-state index contributed by atoms with van der Waals surface area (Å²) in [6.07, 6.45) is 0. The third kappa shape index (κ3) is 3.44. The molecule has 8 heteroatoms. The summed E-state index contributed by atoms with van der Waals surface area (Å²) in [7, 11) is -3.73. The molecular weight excluding hydrogens is 412 g/mol. The van der Waals surface area contributed by atoms with Crippen molar-refractivity contribution >= 4 is 26.6 Å². The Bertz CT molecular complexity index is 1470. The van der Waals surface area contributed by atoms with Gasteiger partial charge in [0, 0.05) is 5.69 Å². The van der Waals surface area contributed by atoms with E-state index in [0.29, 0.717) is 11.5 Å². The van der Waals surface area contributed by atoms with Crippen LogP contribution in [0.4, 0.5) is 0 Å². The van der Waals surface area contributed by atoms with Crippen LogP contribution in [-0.2, 0) is 9.84 Å². The van der Waals surface area contributed by atoms with E-state index in [9.17, 15) is 8.42 Å². The van der Waals surface area contributed by atoms with Crippen molar-refractivity contribution in [3.63, 3.8) is 0 Å². The number of rotatable bonds is 6. The van der Waals surface area contributed by atoms with Crippen LogP contribution >= 0.6 is 0 Å². The van der Waals surface area contributed by atoms with E-state index < -0.39 is 9.84 Å². The number of sulfone groups is 1. The highest BCUT2D eigenvalue weighted by Gasteiger charge is 2.26. The van der Waals surface area contributed by atoms with Crippen LogP contribution in [0.3, 0.4) is 0 Å². The minimum Gasteiger partial charge on any atom is -0.493 e. The topological polar surface area (TPSA) is 78.5 Å². The van der Waals surface area contributed by atoms with Gasteiger partial charge in [-0.3, -0.25) is 4.57 Å². The van der Waals surface area contributed by atoms with Crippen LogP contribution < -0.4 is 4.74 Å². The maximum absolute atomic E-state index is 13.1. The zero-order valence-electron chi connectivity index (χ0n) is 16.8. The van der Waals surface area contributed by atoms with Gasteiger partial charge in [0.2, 0.25) is 15.6 Å². The molecule has 31 heavy (non-hydrogen) atoms. The lowest BCUT2D eigenvalue weighted by Crippen LogP contribution is -2.16. The van der Waals surface area contributed by atoms with Gasteiger partial charge < -0.3 is 4.74 Å². The smallest absolute Gasteiger partial charge is 0.256 e. The molecule has 0 fully saturated rings. The van der Waals surface area contributed by atoms with Gasteiger partial charge in [-0.25, -0.2) is 12.8 Å². The lowest BCUT2D eigenvalue weighted by atomic mass is 10.2. The number of hydrogen-bond acceptors (Lipinski definition) is 5. The number of benzene rings is 3. The lowest BCUT2D eigenvalue weighted by molar-refractivity contribution is 0.340. The Balaban J connectivity index is 1.54. The average Bonchev–Trinajstić information content (AvgIpc) is 3.34. The van der Waals surface area contributed by atoms with Crippen molar-refractivity contribution in [1.29, 1.82) is 0 Å². The highest BCUT2D eigenvalue weighted by atomic mass is 32.2. The first kappa shape index (κ1) is 19.3. The Hall–Kier alpha value is -3.65. The van der Waals surface area contributed by atoms with Gasteiger partial charge in [0.05, 0.1) is 16.8 Å². The van der Waals surface area contributed by atoms with Gasteiger partial charge in [-0.15, -0.1) is 10.2 Å². The largest absolute Gasteiger partial charge is 0.493 e. The third-order valence-electron chi connectivity index (χ3n) is 5.11. The standard InChI is InChI=1S/C23H20N4O3S/c1-17-11-13-19(14-12-17)30-15-16-31(28,29)23-25-24-22-26(18-7-3-2-4-8-18)20-9-5-6-10-21(20)27(22)23/h2-14H,15-16H2,1H3. The predicted octanol–water partition coefficient (Wildman–Crippen LogP) is 3.83. The van der Waals surface area contributed by atoms with E-state index in [0.717, 1.165) is 22.3 Å². The summed E-state index contributed by atoms with van der Waals surface area (Å²) < 4.78 is 35.4. The van der Waals surface area contributed by atoms with Crippen LogP contribution in [0.15, 0.2) is 84.0 Å². The van der Waals surface area contributed by atoms with Crippen LogP contribution in [0.25, 0.3) is 22.5 Å². The molecule has 2 heterocycles. The summed E-state index contributed by atoms with van der Waals surface area (Å²) in [6, 6.07) is 24.8. The first-order valence-electron chi connectivity index (χ1n) is 9.87. The summed E-state index contributed by atoms with van der Waals surface area (Å²) in [6.45, 7) is 2.01. The molecule has 0 N–H and O–H groups in total. The lowest BCUT2D eigenvalue weighted by Gasteiger charge is -2.06. The molecule has 0 aliphatic carbocycles. The molecule has 0 atom stereocenters. The average molecular weight is 433 g/mol. The van der Waals surface area contributed by atoms with Gasteiger partial charge in [0.1, 0.15) is 12.4 Å². The van der Waals surface area contributed by atoms with Crippen molar-refractivity contribution in [3.05, 3.63) is 84.4 Å².